The fraction of sp³-hybridized carbons (Fsp3) is 0.467. The maximum atomic E-state index is 6.32. The predicted molar refractivity (Wildman–Crippen MR) is 76.6 cm³/mol. The Morgan fingerprint density at radius 1 is 1.26 bits per heavy atom. The molecule has 0 bridgehead atoms. The highest BCUT2D eigenvalue weighted by molar-refractivity contribution is 5.19. The summed E-state index contributed by atoms with van der Waals surface area (Å²) >= 11 is 0. The Balaban J connectivity index is 2.04. The molecule has 0 aliphatic heterocycles. The molecule has 0 spiro atoms. The van der Waals surface area contributed by atoms with Gasteiger partial charge >= 0.3 is 0 Å². The van der Waals surface area contributed by atoms with Crippen LogP contribution >= 0.6 is 0 Å². The van der Waals surface area contributed by atoms with Crippen molar-refractivity contribution >= 4 is 0 Å². The average Bonchev–Trinajstić information content (AvgIpc) is 2.86. The minimum Gasteiger partial charge on any atom is -0.324 e. The summed E-state index contributed by atoms with van der Waals surface area (Å²) in [6.07, 6.45) is 3.55. The Bertz CT molecular complexity index is 492. The van der Waals surface area contributed by atoms with Crippen LogP contribution in [-0.4, -0.2) is 14.8 Å². The van der Waals surface area contributed by atoms with E-state index >= 15 is 0 Å². The van der Waals surface area contributed by atoms with E-state index in [0.29, 0.717) is 5.92 Å². The van der Waals surface area contributed by atoms with Crippen molar-refractivity contribution in [2.75, 3.05) is 0 Å². The van der Waals surface area contributed by atoms with Crippen molar-refractivity contribution in [2.24, 2.45) is 11.7 Å². The van der Waals surface area contributed by atoms with Gasteiger partial charge in [-0.15, -0.1) is 0 Å². The average molecular weight is 258 g/mol. The fourth-order valence-electron chi connectivity index (χ4n) is 2.26. The normalized spacial score (nSPS) is 14.3. The molecule has 0 saturated heterocycles. The molecule has 2 aromatic rings. The third kappa shape index (κ3) is 3.41. The van der Waals surface area contributed by atoms with Crippen LogP contribution in [0.15, 0.2) is 36.7 Å². The van der Waals surface area contributed by atoms with E-state index in [4.69, 9.17) is 5.73 Å². The summed E-state index contributed by atoms with van der Waals surface area (Å²) in [6, 6.07) is 10.3. The van der Waals surface area contributed by atoms with E-state index < -0.39 is 0 Å². The topological polar surface area (TPSA) is 56.7 Å². The molecule has 0 saturated carbocycles. The number of aromatic nitrogens is 3. The second-order valence-corrected chi connectivity index (χ2v) is 5.02. The van der Waals surface area contributed by atoms with Crippen molar-refractivity contribution in [3.63, 3.8) is 0 Å². The number of rotatable bonds is 6. The molecular formula is C15H22N4. The van der Waals surface area contributed by atoms with Crippen LogP contribution in [0.3, 0.4) is 0 Å². The zero-order chi connectivity index (χ0) is 13.7. The maximum Gasteiger partial charge on any atom is 0.138 e. The Labute approximate surface area is 114 Å². The molecule has 19 heavy (non-hydrogen) atoms. The lowest BCUT2D eigenvalue weighted by atomic mass is 9.92. The molecule has 2 atom stereocenters. The van der Waals surface area contributed by atoms with Crippen LogP contribution in [0.4, 0.5) is 0 Å². The largest absolute Gasteiger partial charge is 0.324 e. The Hall–Kier alpha value is -1.68. The van der Waals surface area contributed by atoms with E-state index in [1.807, 2.05) is 22.9 Å². The van der Waals surface area contributed by atoms with Gasteiger partial charge in [-0.3, -0.25) is 4.68 Å². The number of hydrogen-bond donors (Lipinski definition) is 1. The predicted octanol–water partition coefficient (Wildman–Crippen LogP) is 2.57. The minimum absolute atomic E-state index is 0.0352. The summed E-state index contributed by atoms with van der Waals surface area (Å²) in [7, 11) is 0. The summed E-state index contributed by atoms with van der Waals surface area (Å²) < 4.78 is 1.98. The van der Waals surface area contributed by atoms with Gasteiger partial charge in [0.25, 0.3) is 0 Å². The van der Waals surface area contributed by atoms with Crippen molar-refractivity contribution in [3.05, 3.63) is 48.0 Å². The lowest BCUT2D eigenvalue weighted by Crippen LogP contribution is -2.22. The van der Waals surface area contributed by atoms with Crippen molar-refractivity contribution in [1.82, 2.24) is 14.8 Å². The van der Waals surface area contributed by atoms with Gasteiger partial charge in [0.2, 0.25) is 0 Å². The van der Waals surface area contributed by atoms with Gasteiger partial charge in [-0.25, -0.2) is 4.98 Å². The SMILES string of the molecule is CCCn1ncnc1CC(C)C(N)c1ccccc1. The molecule has 0 aliphatic rings. The number of hydrogen-bond acceptors (Lipinski definition) is 3. The van der Waals surface area contributed by atoms with Crippen molar-refractivity contribution in [3.8, 4) is 0 Å². The number of nitrogens with two attached hydrogens (primary N) is 1. The molecule has 4 nitrogen and oxygen atoms in total. The molecule has 1 aromatic heterocycles. The van der Waals surface area contributed by atoms with E-state index in [1.54, 1.807) is 6.33 Å². The molecule has 2 rings (SSSR count). The van der Waals surface area contributed by atoms with Crippen LogP contribution in [0.25, 0.3) is 0 Å². The first-order valence-corrected chi connectivity index (χ1v) is 6.89. The molecule has 1 aromatic carbocycles. The second-order valence-electron chi connectivity index (χ2n) is 5.02. The zero-order valence-electron chi connectivity index (χ0n) is 11.7. The highest BCUT2D eigenvalue weighted by Crippen LogP contribution is 2.21. The summed E-state index contributed by atoms with van der Waals surface area (Å²) in [6.45, 7) is 5.23. The minimum atomic E-state index is 0.0352. The summed E-state index contributed by atoms with van der Waals surface area (Å²) in [5.41, 5.74) is 7.50. The summed E-state index contributed by atoms with van der Waals surface area (Å²) in [4.78, 5) is 4.35. The number of nitrogens with zero attached hydrogens (tertiary/aromatic N) is 3. The van der Waals surface area contributed by atoms with Crippen LogP contribution in [0.1, 0.15) is 37.7 Å². The third-order valence-corrected chi connectivity index (χ3v) is 3.43. The molecule has 0 amide bonds. The quantitative estimate of drug-likeness (QED) is 0.866. The molecule has 102 valence electrons. The van der Waals surface area contributed by atoms with E-state index in [9.17, 15) is 0 Å². The van der Waals surface area contributed by atoms with Crippen LogP contribution in [0, 0.1) is 5.92 Å². The van der Waals surface area contributed by atoms with Crippen LogP contribution in [0.2, 0.25) is 0 Å². The second kappa shape index (κ2) is 6.48. The molecule has 0 radical (unpaired) electrons. The fourth-order valence-corrected chi connectivity index (χ4v) is 2.26. The van der Waals surface area contributed by atoms with Gasteiger partial charge in [-0.05, 0) is 17.9 Å². The lowest BCUT2D eigenvalue weighted by Gasteiger charge is -2.20. The standard InChI is InChI=1S/C15H22N4/c1-3-9-19-14(17-11-18-19)10-12(2)15(16)13-7-5-4-6-8-13/h4-8,11-12,15H,3,9-10,16H2,1-2H3. The Morgan fingerprint density at radius 2 is 2.00 bits per heavy atom. The van der Waals surface area contributed by atoms with Crippen molar-refractivity contribution in [1.29, 1.82) is 0 Å². The van der Waals surface area contributed by atoms with Gasteiger partial charge in [-0.2, -0.15) is 5.10 Å². The van der Waals surface area contributed by atoms with Gasteiger partial charge in [0.15, 0.2) is 0 Å². The van der Waals surface area contributed by atoms with E-state index in [-0.39, 0.29) is 6.04 Å². The summed E-state index contributed by atoms with van der Waals surface area (Å²) in [5.74, 6) is 1.36. The van der Waals surface area contributed by atoms with Gasteiger partial charge in [0.1, 0.15) is 12.2 Å². The first-order chi connectivity index (χ1) is 9.22. The van der Waals surface area contributed by atoms with Gasteiger partial charge in [0, 0.05) is 19.0 Å². The number of aryl methyl sites for hydroxylation is 1. The molecule has 0 fully saturated rings. The van der Waals surface area contributed by atoms with Crippen molar-refractivity contribution in [2.45, 2.75) is 39.3 Å². The molecule has 2 N–H and O–H groups in total. The first kappa shape index (κ1) is 13.7. The van der Waals surface area contributed by atoms with Crippen LogP contribution in [0.5, 0.6) is 0 Å². The zero-order valence-corrected chi connectivity index (χ0v) is 11.7. The van der Waals surface area contributed by atoms with Crippen LogP contribution in [-0.2, 0) is 13.0 Å². The van der Waals surface area contributed by atoms with E-state index in [1.165, 1.54) is 5.56 Å². The lowest BCUT2D eigenvalue weighted by molar-refractivity contribution is 0.439. The Kier molecular flexibility index (Phi) is 4.68. The molecule has 1 heterocycles. The summed E-state index contributed by atoms with van der Waals surface area (Å²) in [5, 5.41) is 4.26. The molecule has 0 aliphatic carbocycles. The van der Waals surface area contributed by atoms with E-state index in [2.05, 4.69) is 36.1 Å². The maximum absolute atomic E-state index is 6.32. The van der Waals surface area contributed by atoms with Gasteiger partial charge < -0.3 is 5.73 Å². The monoisotopic (exact) mass is 258 g/mol. The van der Waals surface area contributed by atoms with E-state index in [0.717, 1.165) is 25.2 Å². The Morgan fingerprint density at radius 3 is 2.68 bits per heavy atom. The molecule has 4 heteroatoms. The van der Waals surface area contributed by atoms with Crippen molar-refractivity contribution < 1.29 is 0 Å². The highest BCUT2D eigenvalue weighted by atomic mass is 15.3. The first-order valence-electron chi connectivity index (χ1n) is 6.89. The smallest absolute Gasteiger partial charge is 0.138 e. The third-order valence-electron chi connectivity index (χ3n) is 3.43. The highest BCUT2D eigenvalue weighted by Gasteiger charge is 2.17. The molecular weight excluding hydrogens is 236 g/mol. The van der Waals surface area contributed by atoms with Gasteiger partial charge in [-0.1, -0.05) is 44.2 Å². The van der Waals surface area contributed by atoms with Crippen LogP contribution < -0.4 is 5.73 Å². The van der Waals surface area contributed by atoms with Gasteiger partial charge in [0.05, 0.1) is 0 Å². The number of benzene rings is 1. The molecule has 2 unspecified atom stereocenters.